The molecule has 664 valence electrons. The summed E-state index contributed by atoms with van der Waals surface area (Å²) in [5, 5.41) is 27.6. The standard InChI is InChI=1S/C44H59N5O9SSi.C38H46N4O8.C6H15NO2SSi.BH.U/c1-12-28-25-44(28,39(52)48-59(54,55)43(20-21-43)60(9,10)11)47-37(50)34-23-30(26-49(34)38(51)36(41(2,3)4)46-40(53)58-42(5,6)7)57-35-24-32(27-16-14-13-15-17-27)45-33-22-29(56-8)18-19-31(33)35;1-9-23-20-38(23,34(45)46)41-32(43)29-18-25(21-42(29)33(44)31(36(2,3)4)40-35(47)50-37(5,6)7)49-30-19-27(22-13-11-10-12-14-22)39-28-17-24(48-8)15-16-26(28)30;1-11(2,3)6(4-5-6)10(7,8)9;;/h12-19,22,24,28,30,34,36H,1,20-21,23,25-26H2,2-11H3,(H,46,53)(H,47,50)(H,48,52);9-17,19,23,25,29,31H,1,18,20-21H2,2-8H3,(H,40,47)(H,41,43)(H,45,46);4-5H2,1-3H3,(H2,7,8,9);1H;/t28-,30-,34+,36-,44-;23-,25-,29+,31-,38-;;;/m11.../s1/i;;;1D;. The third-order valence-corrected chi connectivity index (χ3v) is 38.6. The predicted octanol–water partition coefficient (Wildman–Crippen LogP) is 11.5. The Morgan fingerprint density at radius 1 is 0.569 bits per heavy atom. The number of alkyl carbamates (subject to hydrolysis) is 2. The molecule has 6 aromatic rings. The molecule has 4 aromatic carbocycles. The van der Waals surface area contributed by atoms with Crippen LogP contribution in [0, 0.1) is 53.8 Å². The van der Waals surface area contributed by atoms with Gasteiger partial charge in [0.05, 0.1) is 74.6 Å². The first-order valence-electron chi connectivity index (χ1n) is 41.3. The number of sulfonamides is 2. The molecule has 123 heavy (non-hydrogen) atoms. The number of nitrogens with one attached hydrogen (secondary N) is 5. The van der Waals surface area contributed by atoms with Crippen LogP contribution in [-0.4, -0.2) is 210 Å². The Kier molecular flexibility index (Phi) is 29.5. The Balaban J connectivity index is 0.000000269. The molecule has 7 amide bonds. The molecule has 12 rings (SSSR count). The number of methoxy groups -OCH3 is 2. The number of aromatic nitrogens is 2. The number of rotatable bonds is 25. The largest absolute Gasteiger partial charge is 0.497 e. The van der Waals surface area contributed by atoms with Crippen LogP contribution in [0.25, 0.3) is 44.3 Å². The molecule has 8 N–H and O–H groups in total. The molecule has 6 aliphatic rings. The van der Waals surface area contributed by atoms with Crippen LogP contribution in [0.2, 0.25) is 39.3 Å². The van der Waals surface area contributed by atoms with E-state index in [4.69, 9.17) is 44.9 Å². The number of nitrogens with two attached hydrogens (primary N) is 1. The maximum absolute atomic E-state index is 14.8. The van der Waals surface area contributed by atoms with Crippen LogP contribution >= 0.6 is 0 Å². The molecule has 2 radical (unpaired) electrons. The van der Waals surface area contributed by atoms with Crippen molar-refractivity contribution in [3.63, 3.8) is 0 Å². The number of likely N-dealkylation sites (tertiary alicyclic amines) is 2. The number of amides is 7. The number of carbonyl (C=O) groups is 8. The number of carbonyl (C=O) groups excluding carboxylic acids is 7. The van der Waals surface area contributed by atoms with Gasteiger partial charge in [-0.3, -0.25) is 28.7 Å². The van der Waals surface area contributed by atoms with Gasteiger partial charge in [0.2, 0.25) is 43.7 Å². The van der Waals surface area contributed by atoms with Gasteiger partial charge in [-0.15, -0.1) is 13.2 Å². The Morgan fingerprint density at radius 3 is 1.22 bits per heavy atom. The van der Waals surface area contributed by atoms with Gasteiger partial charge in [-0.2, -0.15) is 0 Å². The van der Waals surface area contributed by atoms with Crippen LogP contribution in [0.4, 0.5) is 9.59 Å². The summed E-state index contributed by atoms with van der Waals surface area (Å²) in [7, 11) is -4.36. The number of hydrogen-bond acceptors (Lipinski definition) is 20. The van der Waals surface area contributed by atoms with Crippen molar-refractivity contribution >= 4 is 114 Å². The van der Waals surface area contributed by atoms with Crippen LogP contribution in [0.1, 0.15) is 134 Å². The molecule has 29 nitrogen and oxygen atoms in total. The molecular formula is C88H121BN10O19S2Si2U. The summed E-state index contributed by atoms with van der Waals surface area (Å²) in [5.41, 5.74) is -2.15. The minimum Gasteiger partial charge on any atom is -0.497 e. The van der Waals surface area contributed by atoms with E-state index in [-0.39, 0.29) is 69.9 Å². The molecule has 0 spiro atoms. The van der Waals surface area contributed by atoms with Gasteiger partial charge < -0.3 is 64.6 Å². The molecule has 4 aliphatic carbocycles. The smallest absolute Gasteiger partial charge is 0.408 e. The van der Waals surface area contributed by atoms with Crippen molar-refractivity contribution in [3.05, 3.63) is 135 Å². The summed E-state index contributed by atoms with van der Waals surface area (Å²) in [6.07, 6.45) is 2.92. The van der Waals surface area contributed by atoms with Crippen LogP contribution in [0.15, 0.2) is 135 Å². The number of nitrogens with zero attached hydrogens (tertiary/aromatic N) is 4. The maximum Gasteiger partial charge on any atom is 0.408 e. The van der Waals surface area contributed by atoms with E-state index in [9.17, 15) is 60.3 Å². The van der Waals surface area contributed by atoms with Crippen molar-refractivity contribution in [2.24, 2.45) is 27.8 Å². The second-order valence-electron chi connectivity index (χ2n) is 38.7. The topological polar surface area (TPSA) is 399 Å². The van der Waals surface area contributed by atoms with Crippen LogP contribution in [-0.2, 0) is 58.3 Å². The number of ether oxygens (including phenoxy) is 6. The Morgan fingerprint density at radius 2 is 0.927 bits per heavy atom. The van der Waals surface area contributed by atoms with E-state index < -0.39 is 174 Å². The molecule has 0 bridgehead atoms. The van der Waals surface area contributed by atoms with Gasteiger partial charge in [0, 0.05) is 110 Å². The molecule has 4 saturated carbocycles. The average Bonchev–Trinajstić information content (AvgIpc) is 1.56. The van der Waals surface area contributed by atoms with Gasteiger partial charge in [-0.05, 0) is 116 Å². The number of carboxylic acid groups (broad SMARTS) is 1. The molecule has 4 heterocycles. The van der Waals surface area contributed by atoms with Gasteiger partial charge in [0.25, 0.3) is 5.91 Å². The zero-order chi connectivity index (χ0) is 91.7. The van der Waals surface area contributed by atoms with Gasteiger partial charge in [0.15, 0.2) is 0 Å². The maximum atomic E-state index is 14.8. The fourth-order valence-electron chi connectivity index (χ4n) is 16.0. The van der Waals surface area contributed by atoms with Crippen molar-refractivity contribution in [2.75, 3.05) is 27.3 Å². The fraction of sp³-hybridized carbons (Fsp3) is 0.523. The van der Waals surface area contributed by atoms with E-state index in [0.717, 1.165) is 24.0 Å². The summed E-state index contributed by atoms with van der Waals surface area (Å²) in [5.74, 6) is -3.22. The molecule has 2 saturated heterocycles. The van der Waals surface area contributed by atoms with Crippen molar-refractivity contribution in [2.45, 2.75) is 241 Å². The summed E-state index contributed by atoms with van der Waals surface area (Å²) in [4.78, 5) is 123. The van der Waals surface area contributed by atoms with Crippen molar-refractivity contribution in [3.8, 4) is 45.5 Å². The molecule has 10 atom stereocenters. The van der Waals surface area contributed by atoms with Crippen molar-refractivity contribution in [1.29, 1.82) is 1.34 Å². The molecule has 2 aliphatic heterocycles. The predicted molar refractivity (Wildman–Crippen MR) is 476 cm³/mol. The normalized spacial score (nSPS) is 22.4. The first-order valence-corrected chi connectivity index (χ1v) is 50.8. The number of benzene rings is 4. The number of fused-ring (bicyclic) bond motifs is 2. The average molecular weight is 1990 g/mol. The minimum atomic E-state index is -4.07. The Bertz CT molecular complexity index is 5250. The molecule has 0 unspecified atom stereocenters. The molecular weight excluding hydrogens is 1870 g/mol. The van der Waals surface area contributed by atoms with E-state index in [0.29, 0.717) is 69.0 Å². The van der Waals surface area contributed by atoms with E-state index >= 15 is 0 Å². The third kappa shape index (κ3) is 22.3. The van der Waals surface area contributed by atoms with Gasteiger partial charge >= 0.3 is 18.2 Å². The van der Waals surface area contributed by atoms with Crippen molar-refractivity contribution < 1.29 is 120 Å². The third-order valence-electron chi connectivity index (χ3n) is 23.4. The van der Waals surface area contributed by atoms with Crippen LogP contribution < -0.4 is 50.1 Å². The number of aliphatic carboxylic acids is 1. The molecule has 2 aromatic heterocycles. The fourth-order valence-corrected chi connectivity index (χ4v) is 28.0. The zero-order valence-corrected chi connectivity index (χ0v) is 82.0. The van der Waals surface area contributed by atoms with Gasteiger partial charge in [-0.1, -0.05) is 154 Å². The van der Waals surface area contributed by atoms with E-state index in [1.54, 1.807) is 116 Å². The Labute approximate surface area is 751 Å². The van der Waals surface area contributed by atoms with E-state index in [1.165, 1.54) is 22.0 Å². The molecule has 6 fully saturated rings. The van der Waals surface area contributed by atoms with Crippen LogP contribution in [0.5, 0.6) is 23.0 Å². The van der Waals surface area contributed by atoms with Crippen LogP contribution in [0.3, 0.4) is 0 Å². The summed E-state index contributed by atoms with van der Waals surface area (Å²) >= 11 is 0. The number of pyridine rings is 2. The zero-order valence-electron chi connectivity index (χ0n) is 75.2. The van der Waals surface area contributed by atoms with E-state index in [1.807, 2.05) is 111 Å². The summed E-state index contributed by atoms with van der Waals surface area (Å²) < 4.78 is 91.3. The summed E-state index contributed by atoms with van der Waals surface area (Å²) in [6, 6.07) is 29.2. The first kappa shape index (κ1) is 97.9. The van der Waals surface area contributed by atoms with Crippen molar-refractivity contribution in [1.82, 2.24) is 45.8 Å². The van der Waals surface area contributed by atoms with Gasteiger partial charge in [-0.25, -0.2) is 46.3 Å². The monoisotopic (exact) mass is 1990 g/mol. The number of primary sulfonamides is 1. The quantitative estimate of drug-likeness (QED) is 0.0207. The number of carboxylic acids is 1. The SMILES string of the molecule is C=C[C@@H]1C[C@]1(NC(=O)[C@@H]1C[C@@H](Oc2cc(-c3ccccc3)nc3cc(OC)ccc23)CN1C(=O)[C@@H](NC(=O)OC(C)(C)C)C(C)(C)C)C(=O)NS(=O)(=O)C1([Si](C)(C)C)CC1.C=C[C@@H]1C[C@]1(NC(=O)[C@@H]1C[C@@H](Oc2cc(-c3ccccc3)nc3cc(OC)ccc23)CN1C(=O)[C@@H](NC(=O)OC(C)(C)C)C(C)(C)C)C(=O)O.C[Si](C)(C)C1(S(N)(=O)=O)CC1.[2H][B].[U]. The first-order chi connectivity index (χ1) is 57.0. The molecule has 35 heteroatoms. The summed E-state index contributed by atoms with van der Waals surface area (Å²) in [6.45, 7) is 40.6. The minimum absolute atomic E-state index is 0. The second kappa shape index (κ2) is 37.0. The Hall–Kier alpha value is -8.85. The van der Waals surface area contributed by atoms with Gasteiger partial charge in [0.1, 0.15) is 81.7 Å². The second-order valence-corrected chi connectivity index (χ2v) is 54.2. The number of hydrogen-bond donors (Lipinski definition) is 7. The van der Waals surface area contributed by atoms with E-state index in [2.05, 4.69) is 67.2 Å².